The molecule has 0 amide bonds. The molecular formula is C18H21NO2. The Kier molecular flexibility index (Phi) is 4.00. The second-order valence-electron chi connectivity index (χ2n) is 5.39. The Morgan fingerprint density at radius 3 is 2.52 bits per heavy atom. The molecule has 0 saturated carbocycles. The van der Waals surface area contributed by atoms with Gasteiger partial charge in [0.15, 0.2) is 11.5 Å². The summed E-state index contributed by atoms with van der Waals surface area (Å²) in [7, 11) is 3.33. The number of nitrogens with one attached hydrogen (secondary N) is 1. The number of hydrogen-bond acceptors (Lipinski definition) is 3. The van der Waals surface area contributed by atoms with Crippen molar-refractivity contribution < 1.29 is 9.47 Å². The topological polar surface area (TPSA) is 30.5 Å². The maximum Gasteiger partial charge on any atom is 0.160 e. The second kappa shape index (κ2) is 6.08. The summed E-state index contributed by atoms with van der Waals surface area (Å²) in [4.78, 5) is 0. The third-order valence-electron chi connectivity index (χ3n) is 3.96. The fourth-order valence-electron chi connectivity index (χ4n) is 2.86. The van der Waals surface area contributed by atoms with Crippen molar-refractivity contribution in [2.24, 2.45) is 0 Å². The lowest BCUT2D eigenvalue weighted by molar-refractivity contribution is 0.354. The van der Waals surface area contributed by atoms with Gasteiger partial charge in [0.2, 0.25) is 0 Å². The van der Waals surface area contributed by atoms with Gasteiger partial charge in [-0.2, -0.15) is 0 Å². The van der Waals surface area contributed by atoms with Crippen LogP contribution in [0.25, 0.3) is 0 Å². The summed E-state index contributed by atoms with van der Waals surface area (Å²) in [6, 6.07) is 12.8. The lowest BCUT2D eigenvalue weighted by atomic mass is 9.97. The van der Waals surface area contributed by atoms with Crippen molar-refractivity contribution in [2.45, 2.75) is 19.3 Å². The van der Waals surface area contributed by atoms with Crippen molar-refractivity contribution in [1.29, 1.82) is 0 Å². The van der Waals surface area contributed by atoms with Crippen molar-refractivity contribution in [3.8, 4) is 11.5 Å². The Bertz CT molecular complexity index is 600. The minimum absolute atomic E-state index is 0.774. The molecule has 110 valence electrons. The van der Waals surface area contributed by atoms with Crippen LogP contribution in [0.3, 0.4) is 0 Å². The minimum Gasteiger partial charge on any atom is -0.493 e. The molecule has 0 atom stereocenters. The summed E-state index contributed by atoms with van der Waals surface area (Å²) in [5.41, 5.74) is 5.29. The highest BCUT2D eigenvalue weighted by Crippen LogP contribution is 2.29. The minimum atomic E-state index is 0.774. The smallest absolute Gasteiger partial charge is 0.160 e. The zero-order valence-corrected chi connectivity index (χ0v) is 12.6. The predicted molar refractivity (Wildman–Crippen MR) is 85.6 cm³/mol. The van der Waals surface area contributed by atoms with E-state index in [1.807, 2.05) is 6.07 Å². The maximum absolute atomic E-state index is 5.37. The van der Waals surface area contributed by atoms with E-state index in [4.69, 9.17) is 9.47 Å². The van der Waals surface area contributed by atoms with Crippen LogP contribution in [0.15, 0.2) is 36.4 Å². The molecule has 1 aliphatic rings. The molecule has 1 heterocycles. The number of hydrogen-bond donors (Lipinski definition) is 1. The molecule has 0 radical (unpaired) electrons. The molecule has 1 N–H and O–H groups in total. The van der Waals surface area contributed by atoms with Crippen molar-refractivity contribution in [3.63, 3.8) is 0 Å². The van der Waals surface area contributed by atoms with Crippen LogP contribution in [-0.2, 0) is 12.8 Å². The summed E-state index contributed by atoms with van der Waals surface area (Å²) in [6.45, 7) is 1.09. The molecule has 0 aromatic heterocycles. The van der Waals surface area contributed by atoms with E-state index in [1.165, 1.54) is 35.2 Å². The first kappa shape index (κ1) is 13.8. The van der Waals surface area contributed by atoms with Crippen LogP contribution >= 0.6 is 0 Å². The van der Waals surface area contributed by atoms with Crippen LogP contribution < -0.4 is 14.8 Å². The zero-order chi connectivity index (χ0) is 14.7. The molecule has 0 bridgehead atoms. The molecule has 3 nitrogen and oxygen atoms in total. The largest absolute Gasteiger partial charge is 0.493 e. The Morgan fingerprint density at radius 2 is 1.71 bits per heavy atom. The molecule has 21 heavy (non-hydrogen) atoms. The van der Waals surface area contributed by atoms with Gasteiger partial charge in [0.25, 0.3) is 0 Å². The lowest BCUT2D eigenvalue weighted by Crippen LogP contribution is -2.11. The highest BCUT2D eigenvalue weighted by molar-refractivity contribution is 5.55. The van der Waals surface area contributed by atoms with Gasteiger partial charge in [0.05, 0.1) is 14.2 Å². The Balaban J connectivity index is 1.83. The summed E-state index contributed by atoms with van der Waals surface area (Å²) < 4.78 is 10.7. The third kappa shape index (κ3) is 2.97. The standard InChI is InChI=1S/C18H21NO2/c1-20-17-8-6-14(12-18(17)21-2)10-13-5-7-16-15(11-13)4-3-9-19-16/h5-8,11-12,19H,3-4,9-10H2,1-2H3. The molecule has 0 unspecified atom stereocenters. The molecule has 0 spiro atoms. The molecule has 3 rings (SSSR count). The van der Waals surface area contributed by atoms with E-state index in [1.54, 1.807) is 14.2 Å². The van der Waals surface area contributed by atoms with Gasteiger partial charge < -0.3 is 14.8 Å². The Labute approximate surface area is 125 Å². The fraction of sp³-hybridized carbons (Fsp3) is 0.333. The summed E-state index contributed by atoms with van der Waals surface area (Å²) in [6.07, 6.45) is 3.29. The van der Waals surface area contributed by atoms with Crippen LogP contribution in [0.5, 0.6) is 11.5 Å². The van der Waals surface area contributed by atoms with Crippen molar-refractivity contribution in [2.75, 3.05) is 26.1 Å². The van der Waals surface area contributed by atoms with Crippen LogP contribution in [-0.4, -0.2) is 20.8 Å². The van der Waals surface area contributed by atoms with E-state index in [0.717, 1.165) is 24.5 Å². The van der Waals surface area contributed by atoms with Gasteiger partial charge in [-0.15, -0.1) is 0 Å². The van der Waals surface area contributed by atoms with Gasteiger partial charge in [0, 0.05) is 12.2 Å². The highest BCUT2D eigenvalue weighted by Gasteiger charge is 2.10. The van der Waals surface area contributed by atoms with E-state index in [9.17, 15) is 0 Å². The number of anilines is 1. The van der Waals surface area contributed by atoms with Gasteiger partial charge in [-0.1, -0.05) is 18.2 Å². The second-order valence-corrected chi connectivity index (χ2v) is 5.39. The number of aryl methyl sites for hydroxylation is 1. The number of rotatable bonds is 4. The highest BCUT2D eigenvalue weighted by atomic mass is 16.5. The van der Waals surface area contributed by atoms with Gasteiger partial charge in [-0.05, 0) is 54.2 Å². The van der Waals surface area contributed by atoms with Crippen molar-refractivity contribution in [3.05, 3.63) is 53.1 Å². The van der Waals surface area contributed by atoms with Gasteiger partial charge in [-0.3, -0.25) is 0 Å². The van der Waals surface area contributed by atoms with E-state index in [2.05, 4.69) is 35.6 Å². The Hall–Kier alpha value is -2.16. The monoisotopic (exact) mass is 283 g/mol. The Morgan fingerprint density at radius 1 is 0.952 bits per heavy atom. The lowest BCUT2D eigenvalue weighted by Gasteiger charge is -2.18. The molecule has 1 aliphatic heterocycles. The summed E-state index contributed by atoms with van der Waals surface area (Å²) in [5, 5.41) is 3.45. The van der Waals surface area contributed by atoms with Crippen LogP contribution in [0.4, 0.5) is 5.69 Å². The molecule has 0 aliphatic carbocycles. The van der Waals surface area contributed by atoms with Gasteiger partial charge in [-0.25, -0.2) is 0 Å². The molecule has 0 fully saturated rings. The number of ether oxygens (including phenoxy) is 2. The van der Waals surface area contributed by atoms with Gasteiger partial charge in [0.1, 0.15) is 0 Å². The van der Waals surface area contributed by atoms with E-state index < -0.39 is 0 Å². The molecule has 2 aromatic carbocycles. The quantitative estimate of drug-likeness (QED) is 0.929. The number of methoxy groups -OCH3 is 2. The van der Waals surface area contributed by atoms with E-state index in [-0.39, 0.29) is 0 Å². The first-order valence-corrected chi connectivity index (χ1v) is 7.37. The van der Waals surface area contributed by atoms with E-state index in [0.29, 0.717) is 0 Å². The molecular weight excluding hydrogens is 262 g/mol. The molecule has 3 heteroatoms. The SMILES string of the molecule is COc1ccc(Cc2ccc3c(c2)CCCN3)cc1OC. The van der Waals surface area contributed by atoms with Crippen LogP contribution in [0.1, 0.15) is 23.1 Å². The summed E-state index contributed by atoms with van der Waals surface area (Å²) in [5.74, 6) is 1.56. The number of fused-ring (bicyclic) bond motifs is 1. The molecule has 2 aromatic rings. The zero-order valence-electron chi connectivity index (χ0n) is 12.6. The third-order valence-corrected chi connectivity index (χ3v) is 3.96. The van der Waals surface area contributed by atoms with Gasteiger partial charge >= 0.3 is 0 Å². The normalized spacial score (nSPS) is 13.2. The van der Waals surface area contributed by atoms with Crippen LogP contribution in [0.2, 0.25) is 0 Å². The van der Waals surface area contributed by atoms with Crippen molar-refractivity contribution >= 4 is 5.69 Å². The first-order valence-electron chi connectivity index (χ1n) is 7.37. The van der Waals surface area contributed by atoms with Crippen LogP contribution in [0, 0.1) is 0 Å². The average Bonchev–Trinajstić information content (AvgIpc) is 2.54. The maximum atomic E-state index is 5.37. The number of benzene rings is 2. The summed E-state index contributed by atoms with van der Waals surface area (Å²) >= 11 is 0. The first-order chi connectivity index (χ1) is 10.3. The van der Waals surface area contributed by atoms with E-state index >= 15 is 0 Å². The predicted octanol–water partition coefficient (Wildman–Crippen LogP) is 3.65. The fourth-order valence-corrected chi connectivity index (χ4v) is 2.86. The average molecular weight is 283 g/mol. The molecule has 0 saturated heterocycles. The van der Waals surface area contributed by atoms with Crippen molar-refractivity contribution in [1.82, 2.24) is 0 Å².